The van der Waals surface area contributed by atoms with Crippen LogP contribution in [-0.4, -0.2) is 46.0 Å². The Kier molecular flexibility index (Phi) is 2.95. The summed E-state index contributed by atoms with van der Waals surface area (Å²) in [4.78, 5) is 17.2. The standard InChI is InChI=1S/C11H15N5O/c1-8-4-5-16-9(6-8)13-11(14-16)12-7-10(17)15(2)3/h4-6H,7H2,1-3H3,(H,12,14). The third kappa shape index (κ3) is 2.52. The number of hydrogen-bond donors (Lipinski definition) is 1. The number of fused-ring (bicyclic) bond motifs is 1. The van der Waals surface area contributed by atoms with E-state index in [1.165, 1.54) is 4.90 Å². The highest BCUT2D eigenvalue weighted by Crippen LogP contribution is 2.07. The highest BCUT2D eigenvalue weighted by molar-refractivity contribution is 5.79. The van der Waals surface area contributed by atoms with Crippen molar-refractivity contribution in [3.05, 3.63) is 23.9 Å². The minimum atomic E-state index is -0.0139. The normalized spacial score (nSPS) is 10.5. The fraction of sp³-hybridized carbons (Fsp3) is 0.364. The van der Waals surface area contributed by atoms with Crippen molar-refractivity contribution < 1.29 is 4.79 Å². The molecule has 1 N–H and O–H groups in total. The first-order chi connectivity index (χ1) is 8.06. The maximum Gasteiger partial charge on any atom is 0.243 e. The van der Waals surface area contributed by atoms with Gasteiger partial charge in [0.25, 0.3) is 0 Å². The summed E-state index contributed by atoms with van der Waals surface area (Å²) in [5, 5.41) is 7.11. The Morgan fingerprint density at radius 3 is 3.00 bits per heavy atom. The van der Waals surface area contributed by atoms with Gasteiger partial charge >= 0.3 is 0 Å². The van der Waals surface area contributed by atoms with Gasteiger partial charge in [0.15, 0.2) is 5.65 Å². The van der Waals surface area contributed by atoms with E-state index in [0.717, 1.165) is 11.2 Å². The molecule has 0 bridgehead atoms. The molecule has 2 aromatic rings. The molecule has 0 aliphatic rings. The summed E-state index contributed by atoms with van der Waals surface area (Å²) in [6.45, 7) is 2.19. The van der Waals surface area contributed by atoms with E-state index in [-0.39, 0.29) is 12.5 Å². The lowest BCUT2D eigenvalue weighted by atomic mass is 10.3. The van der Waals surface area contributed by atoms with Gasteiger partial charge in [-0.15, -0.1) is 5.10 Å². The fourth-order valence-electron chi connectivity index (χ4n) is 1.37. The van der Waals surface area contributed by atoms with Crippen LogP contribution in [-0.2, 0) is 4.79 Å². The van der Waals surface area contributed by atoms with Crippen molar-refractivity contribution >= 4 is 17.5 Å². The van der Waals surface area contributed by atoms with E-state index in [1.54, 1.807) is 18.6 Å². The molecule has 0 aromatic carbocycles. The number of rotatable bonds is 3. The van der Waals surface area contributed by atoms with E-state index >= 15 is 0 Å². The monoisotopic (exact) mass is 233 g/mol. The van der Waals surface area contributed by atoms with Crippen LogP contribution in [0.5, 0.6) is 0 Å². The summed E-state index contributed by atoms with van der Waals surface area (Å²) >= 11 is 0. The van der Waals surface area contributed by atoms with Gasteiger partial charge < -0.3 is 10.2 Å². The number of aromatic nitrogens is 3. The molecule has 6 heteroatoms. The summed E-state index contributed by atoms with van der Waals surface area (Å²) in [5.41, 5.74) is 1.89. The van der Waals surface area contributed by atoms with Crippen LogP contribution in [0.1, 0.15) is 5.56 Å². The quantitative estimate of drug-likeness (QED) is 0.840. The molecule has 0 spiro atoms. The zero-order valence-corrected chi connectivity index (χ0v) is 10.1. The van der Waals surface area contributed by atoms with Gasteiger partial charge in [-0.3, -0.25) is 4.79 Å². The fourth-order valence-corrected chi connectivity index (χ4v) is 1.37. The predicted octanol–water partition coefficient (Wildman–Crippen LogP) is 0.538. The summed E-state index contributed by atoms with van der Waals surface area (Å²) in [6, 6.07) is 3.89. The molecule has 0 saturated carbocycles. The van der Waals surface area contributed by atoms with Crippen molar-refractivity contribution in [3.8, 4) is 0 Å². The maximum absolute atomic E-state index is 11.4. The largest absolute Gasteiger partial charge is 0.347 e. The summed E-state index contributed by atoms with van der Waals surface area (Å²) in [5.74, 6) is 0.450. The molecular formula is C11H15N5O. The van der Waals surface area contributed by atoms with Gasteiger partial charge in [0.1, 0.15) is 0 Å². The average Bonchev–Trinajstić information content (AvgIpc) is 2.67. The topological polar surface area (TPSA) is 62.5 Å². The Morgan fingerprint density at radius 1 is 1.53 bits per heavy atom. The van der Waals surface area contributed by atoms with Crippen LogP contribution in [0.25, 0.3) is 5.65 Å². The summed E-state index contributed by atoms with van der Waals surface area (Å²) < 4.78 is 1.68. The van der Waals surface area contributed by atoms with Crippen molar-refractivity contribution in [2.45, 2.75) is 6.92 Å². The molecule has 0 aliphatic heterocycles. The number of nitrogens with zero attached hydrogens (tertiary/aromatic N) is 4. The van der Waals surface area contributed by atoms with Gasteiger partial charge in [-0.05, 0) is 24.6 Å². The number of nitrogens with one attached hydrogen (secondary N) is 1. The maximum atomic E-state index is 11.4. The lowest BCUT2D eigenvalue weighted by molar-refractivity contribution is -0.126. The van der Waals surface area contributed by atoms with Gasteiger partial charge in [0.2, 0.25) is 11.9 Å². The zero-order chi connectivity index (χ0) is 12.4. The summed E-state index contributed by atoms with van der Waals surface area (Å²) in [6.07, 6.45) is 1.84. The molecule has 0 unspecified atom stereocenters. The molecule has 0 fully saturated rings. The number of carbonyl (C=O) groups is 1. The zero-order valence-electron chi connectivity index (χ0n) is 10.1. The molecule has 1 amide bonds. The van der Waals surface area contributed by atoms with Crippen molar-refractivity contribution in [1.82, 2.24) is 19.5 Å². The Morgan fingerprint density at radius 2 is 2.29 bits per heavy atom. The van der Waals surface area contributed by atoms with Gasteiger partial charge in [-0.1, -0.05) is 0 Å². The first kappa shape index (κ1) is 11.4. The van der Waals surface area contributed by atoms with E-state index in [1.807, 2.05) is 25.3 Å². The number of amides is 1. The predicted molar refractivity (Wildman–Crippen MR) is 64.9 cm³/mol. The number of hydrogen-bond acceptors (Lipinski definition) is 4. The molecular weight excluding hydrogens is 218 g/mol. The summed E-state index contributed by atoms with van der Waals surface area (Å²) in [7, 11) is 3.43. The lowest BCUT2D eigenvalue weighted by Gasteiger charge is -2.09. The molecule has 2 rings (SSSR count). The second-order valence-electron chi connectivity index (χ2n) is 4.08. The third-order valence-corrected chi connectivity index (χ3v) is 2.39. The molecule has 2 heterocycles. The smallest absolute Gasteiger partial charge is 0.243 e. The van der Waals surface area contributed by atoms with E-state index in [9.17, 15) is 4.79 Å². The number of pyridine rings is 1. The van der Waals surface area contributed by atoms with Crippen LogP contribution in [0.4, 0.5) is 5.95 Å². The minimum absolute atomic E-state index is 0.0139. The van der Waals surface area contributed by atoms with Gasteiger partial charge in [-0.25, -0.2) is 4.52 Å². The average molecular weight is 233 g/mol. The Labute approximate surface area is 99.3 Å². The van der Waals surface area contributed by atoms with Crippen molar-refractivity contribution in [1.29, 1.82) is 0 Å². The number of anilines is 1. The number of carbonyl (C=O) groups excluding carboxylic acids is 1. The van der Waals surface area contributed by atoms with E-state index in [4.69, 9.17) is 0 Å². The Bertz CT molecular complexity index is 546. The van der Waals surface area contributed by atoms with Crippen molar-refractivity contribution in [2.24, 2.45) is 0 Å². The molecule has 90 valence electrons. The first-order valence-electron chi connectivity index (χ1n) is 5.33. The number of likely N-dealkylation sites (N-methyl/N-ethyl adjacent to an activating group) is 1. The highest BCUT2D eigenvalue weighted by atomic mass is 16.2. The molecule has 0 aliphatic carbocycles. The van der Waals surface area contributed by atoms with Gasteiger partial charge in [0, 0.05) is 20.3 Å². The molecule has 0 radical (unpaired) electrons. The van der Waals surface area contributed by atoms with Gasteiger partial charge in [-0.2, -0.15) is 4.98 Å². The van der Waals surface area contributed by atoms with Gasteiger partial charge in [0.05, 0.1) is 6.54 Å². The van der Waals surface area contributed by atoms with E-state index in [2.05, 4.69) is 15.4 Å². The minimum Gasteiger partial charge on any atom is -0.347 e. The third-order valence-electron chi connectivity index (χ3n) is 2.39. The highest BCUT2D eigenvalue weighted by Gasteiger charge is 2.07. The van der Waals surface area contributed by atoms with Crippen molar-refractivity contribution in [2.75, 3.05) is 26.0 Å². The molecule has 17 heavy (non-hydrogen) atoms. The van der Waals surface area contributed by atoms with Crippen LogP contribution in [0.15, 0.2) is 18.3 Å². The van der Waals surface area contributed by atoms with E-state index in [0.29, 0.717) is 5.95 Å². The van der Waals surface area contributed by atoms with Crippen LogP contribution in [0.2, 0.25) is 0 Å². The van der Waals surface area contributed by atoms with E-state index < -0.39 is 0 Å². The Hall–Kier alpha value is -2.11. The molecule has 0 atom stereocenters. The molecule has 0 saturated heterocycles. The number of aryl methyl sites for hydroxylation is 1. The second-order valence-corrected chi connectivity index (χ2v) is 4.08. The van der Waals surface area contributed by atoms with Crippen LogP contribution in [0.3, 0.4) is 0 Å². The van der Waals surface area contributed by atoms with Crippen LogP contribution < -0.4 is 5.32 Å². The SMILES string of the molecule is Cc1ccn2nc(NCC(=O)N(C)C)nc2c1. The molecule has 2 aromatic heterocycles. The Balaban J connectivity index is 2.12. The molecule has 6 nitrogen and oxygen atoms in total. The first-order valence-corrected chi connectivity index (χ1v) is 5.33. The lowest BCUT2D eigenvalue weighted by Crippen LogP contribution is -2.28. The van der Waals surface area contributed by atoms with Crippen molar-refractivity contribution in [3.63, 3.8) is 0 Å². The second kappa shape index (κ2) is 4.40. The van der Waals surface area contributed by atoms with Crippen LogP contribution in [0, 0.1) is 6.92 Å². The van der Waals surface area contributed by atoms with Crippen LogP contribution >= 0.6 is 0 Å².